The summed E-state index contributed by atoms with van der Waals surface area (Å²) in [5, 5.41) is 11.9. The maximum atomic E-state index is 12.4. The van der Waals surface area contributed by atoms with Crippen LogP contribution >= 0.6 is 0 Å². The first kappa shape index (κ1) is 20.2. The van der Waals surface area contributed by atoms with E-state index in [1.807, 2.05) is 0 Å². The van der Waals surface area contributed by atoms with E-state index in [0.29, 0.717) is 11.1 Å². The number of furan rings is 1. The van der Waals surface area contributed by atoms with Gasteiger partial charge in [0.25, 0.3) is 5.69 Å². The van der Waals surface area contributed by atoms with Crippen LogP contribution in [0.15, 0.2) is 51.8 Å². The lowest BCUT2D eigenvalue weighted by atomic mass is 10.1. The number of esters is 1. The topological polar surface area (TPSA) is 134 Å². The first-order valence-corrected chi connectivity index (χ1v) is 10.2. The molecule has 0 radical (unpaired) electrons. The summed E-state index contributed by atoms with van der Waals surface area (Å²) < 4.78 is 33.7. The number of carbonyl (C=O) groups is 2. The SMILES string of the molecule is Cc1c(C(=O)COC(=O)c2ccc(S(C)(=O)=O)c([N+](=O)[O-])c2)oc2ccccc12. The molecule has 1 heterocycles. The summed E-state index contributed by atoms with van der Waals surface area (Å²) in [6.45, 7) is 1.06. The van der Waals surface area contributed by atoms with E-state index in [4.69, 9.17) is 9.15 Å². The average molecular weight is 417 g/mol. The van der Waals surface area contributed by atoms with Crippen LogP contribution in [0.1, 0.15) is 26.5 Å². The number of nitro groups is 1. The molecule has 29 heavy (non-hydrogen) atoms. The molecule has 0 unspecified atom stereocenters. The van der Waals surface area contributed by atoms with E-state index in [0.717, 1.165) is 29.8 Å². The number of hydrogen-bond donors (Lipinski definition) is 0. The van der Waals surface area contributed by atoms with Gasteiger partial charge in [0, 0.05) is 23.3 Å². The Bertz CT molecular complexity index is 1260. The third-order valence-electron chi connectivity index (χ3n) is 4.22. The molecule has 0 aliphatic carbocycles. The summed E-state index contributed by atoms with van der Waals surface area (Å²) in [5.41, 5.74) is 0.126. The van der Waals surface area contributed by atoms with Gasteiger partial charge in [0.2, 0.25) is 5.78 Å². The summed E-state index contributed by atoms with van der Waals surface area (Å²) in [6.07, 6.45) is 0.821. The van der Waals surface area contributed by atoms with Crippen LogP contribution in [0.4, 0.5) is 5.69 Å². The average Bonchev–Trinajstić information content (AvgIpc) is 3.01. The molecule has 0 amide bonds. The number of benzene rings is 2. The van der Waals surface area contributed by atoms with Crippen LogP contribution in [0.25, 0.3) is 11.0 Å². The van der Waals surface area contributed by atoms with Gasteiger partial charge in [-0.3, -0.25) is 14.9 Å². The number of nitro benzene ring substituents is 1. The molecule has 3 aromatic rings. The molecule has 0 N–H and O–H groups in total. The fraction of sp³-hybridized carbons (Fsp3) is 0.158. The predicted molar refractivity (Wildman–Crippen MR) is 102 cm³/mol. The van der Waals surface area contributed by atoms with Gasteiger partial charge in [0.1, 0.15) is 10.5 Å². The summed E-state index contributed by atoms with van der Waals surface area (Å²) in [6, 6.07) is 9.89. The Morgan fingerprint density at radius 1 is 1.17 bits per heavy atom. The highest BCUT2D eigenvalue weighted by Gasteiger charge is 2.25. The number of ketones is 1. The predicted octanol–water partition coefficient (Wildman–Crippen LogP) is 3.09. The van der Waals surface area contributed by atoms with Crippen molar-refractivity contribution in [3.05, 3.63) is 69.5 Å². The normalized spacial score (nSPS) is 11.4. The molecule has 0 saturated carbocycles. The fourth-order valence-electron chi connectivity index (χ4n) is 2.82. The second kappa shape index (κ2) is 7.47. The van der Waals surface area contributed by atoms with Crippen molar-refractivity contribution in [1.82, 2.24) is 0 Å². The Balaban J connectivity index is 1.80. The molecule has 0 aliphatic heterocycles. The number of hydrogen-bond acceptors (Lipinski definition) is 8. The van der Waals surface area contributed by atoms with Gasteiger partial charge >= 0.3 is 5.97 Å². The Labute approximate surface area is 165 Å². The molecule has 0 aliphatic rings. The van der Waals surface area contributed by atoms with E-state index < -0.39 is 43.7 Å². The van der Waals surface area contributed by atoms with Crippen molar-refractivity contribution in [1.29, 1.82) is 0 Å². The largest absolute Gasteiger partial charge is 0.454 e. The van der Waals surface area contributed by atoms with Gasteiger partial charge in [-0.2, -0.15) is 0 Å². The van der Waals surface area contributed by atoms with E-state index >= 15 is 0 Å². The van der Waals surface area contributed by atoms with Crippen LogP contribution < -0.4 is 0 Å². The van der Waals surface area contributed by atoms with Crippen LogP contribution in [0, 0.1) is 17.0 Å². The lowest BCUT2D eigenvalue weighted by Gasteiger charge is -2.06. The molecule has 9 nitrogen and oxygen atoms in total. The van der Waals surface area contributed by atoms with Crippen LogP contribution in [-0.4, -0.2) is 38.0 Å². The molecule has 2 aromatic carbocycles. The number of nitrogens with zero attached hydrogens (tertiary/aromatic N) is 1. The molecule has 1 aromatic heterocycles. The zero-order valence-corrected chi connectivity index (χ0v) is 16.2. The first-order valence-electron chi connectivity index (χ1n) is 8.26. The number of para-hydroxylation sites is 1. The summed E-state index contributed by atoms with van der Waals surface area (Å²) in [5.74, 6) is -1.53. The van der Waals surface area contributed by atoms with Crippen LogP contribution in [0.2, 0.25) is 0 Å². The van der Waals surface area contributed by atoms with Gasteiger partial charge in [0.15, 0.2) is 22.2 Å². The van der Waals surface area contributed by atoms with Crippen molar-refractivity contribution >= 4 is 38.2 Å². The van der Waals surface area contributed by atoms with Gasteiger partial charge in [0.05, 0.1) is 10.5 Å². The highest BCUT2D eigenvalue weighted by atomic mass is 32.2. The smallest absolute Gasteiger partial charge is 0.338 e. The molecule has 0 bridgehead atoms. The van der Waals surface area contributed by atoms with Crippen molar-refractivity contribution in [3.63, 3.8) is 0 Å². The van der Waals surface area contributed by atoms with Crippen molar-refractivity contribution in [2.75, 3.05) is 12.9 Å². The third kappa shape index (κ3) is 4.02. The standard InChI is InChI=1S/C19H15NO8S/c1-11-13-5-3-4-6-16(13)28-18(11)15(21)10-27-19(22)12-7-8-17(29(2,25)26)14(9-12)20(23)24/h3-9H,10H2,1-2H3. The number of fused-ring (bicyclic) bond motifs is 1. The minimum Gasteiger partial charge on any atom is -0.454 e. The number of rotatable bonds is 6. The monoisotopic (exact) mass is 417 g/mol. The summed E-state index contributed by atoms with van der Waals surface area (Å²) in [4.78, 5) is 34.3. The van der Waals surface area contributed by atoms with Crippen molar-refractivity contribution in [2.45, 2.75) is 11.8 Å². The highest BCUT2D eigenvalue weighted by Crippen LogP contribution is 2.27. The number of ether oxygens (including phenoxy) is 1. The molecular weight excluding hydrogens is 402 g/mol. The molecule has 3 rings (SSSR count). The second-order valence-corrected chi connectivity index (χ2v) is 8.25. The van der Waals surface area contributed by atoms with Crippen molar-refractivity contribution in [3.8, 4) is 0 Å². The molecule has 10 heteroatoms. The minimum atomic E-state index is -3.86. The third-order valence-corrected chi connectivity index (χ3v) is 5.37. The van der Waals surface area contributed by atoms with Gasteiger partial charge in [-0.05, 0) is 25.1 Å². The molecule has 0 atom stereocenters. The zero-order valence-electron chi connectivity index (χ0n) is 15.4. The van der Waals surface area contributed by atoms with Crippen LogP contribution in [0.3, 0.4) is 0 Å². The first-order chi connectivity index (χ1) is 13.6. The van der Waals surface area contributed by atoms with Crippen LogP contribution in [0.5, 0.6) is 0 Å². The van der Waals surface area contributed by atoms with E-state index in [2.05, 4.69) is 0 Å². The quantitative estimate of drug-likeness (QED) is 0.258. The number of Topliss-reactive ketones (excluding diaryl/α,β-unsaturated/α-hetero) is 1. The highest BCUT2D eigenvalue weighted by molar-refractivity contribution is 7.90. The molecule has 0 fully saturated rings. The van der Waals surface area contributed by atoms with E-state index in [1.165, 1.54) is 0 Å². The number of aryl methyl sites for hydroxylation is 1. The Kier molecular flexibility index (Phi) is 5.21. The Morgan fingerprint density at radius 2 is 1.86 bits per heavy atom. The maximum absolute atomic E-state index is 12.4. The second-order valence-electron chi connectivity index (χ2n) is 6.26. The van der Waals surface area contributed by atoms with Gasteiger partial charge in [-0.15, -0.1) is 0 Å². The lowest BCUT2D eigenvalue weighted by molar-refractivity contribution is -0.387. The summed E-state index contributed by atoms with van der Waals surface area (Å²) >= 11 is 0. The Hall–Kier alpha value is -3.53. The number of sulfone groups is 1. The fourth-order valence-corrected chi connectivity index (χ4v) is 3.65. The lowest BCUT2D eigenvalue weighted by Crippen LogP contribution is -2.15. The van der Waals surface area contributed by atoms with Gasteiger partial charge in [-0.1, -0.05) is 18.2 Å². The van der Waals surface area contributed by atoms with Gasteiger partial charge in [-0.25, -0.2) is 13.2 Å². The zero-order chi connectivity index (χ0) is 21.3. The maximum Gasteiger partial charge on any atom is 0.338 e. The number of carbonyl (C=O) groups excluding carboxylic acids is 2. The molecule has 0 spiro atoms. The van der Waals surface area contributed by atoms with Crippen molar-refractivity contribution < 1.29 is 32.1 Å². The molecular formula is C19H15NO8S. The van der Waals surface area contributed by atoms with Gasteiger partial charge < -0.3 is 9.15 Å². The van der Waals surface area contributed by atoms with Crippen LogP contribution in [-0.2, 0) is 14.6 Å². The van der Waals surface area contributed by atoms with E-state index in [1.54, 1.807) is 31.2 Å². The van der Waals surface area contributed by atoms with Crippen molar-refractivity contribution in [2.24, 2.45) is 0 Å². The Morgan fingerprint density at radius 3 is 2.48 bits per heavy atom. The molecule has 150 valence electrons. The van der Waals surface area contributed by atoms with E-state index in [9.17, 15) is 28.1 Å². The summed E-state index contributed by atoms with van der Waals surface area (Å²) in [7, 11) is -3.86. The van der Waals surface area contributed by atoms with E-state index in [-0.39, 0.29) is 11.3 Å². The minimum absolute atomic E-state index is 0.0532. The molecule has 0 saturated heterocycles.